The van der Waals surface area contributed by atoms with E-state index in [9.17, 15) is 0 Å². The molecule has 1 N–H and O–H groups in total. The first-order valence-corrected chi connectivity index (χ1v) is 10.7. The molecule has 27 heavy (non-hydrogen) atoms. The van der Waals surface area contributed by atoms with E-state index in [2.05, 4.69) is 15.6 Å². The van der Waals surface area contributed by atoms with Crippen LogP contribution in [0, 0.1) is 46.9 Å². The molecule has 2 saturated carbocycles. The van der Waals surface area contributed by atoms with E-state index >= 15 is 0 Å². The Balaban J connectivity index is 0.000000496. The predicted octanol–water partition coefficient (Wildman–Crippen LogP) is 7.55. The maximum absolute atomic E-state index is 4.45. The average molecular weight is 532 g/mol. The molecule has 0 unspecified atom stereocenters. The van der Waals surface area contributed by atoms with Crippen LogP contribution in [0.3, 0.4) is 0 Å². The van der Waals surface area contributed by atoms with Crippen LogP contribution in [0.1, 0.15) is 91.9 Å². The molecule has 3 rings (SSSR count). The van der Waals surface area contributed by atoms with Crippen molar-refractivity contribution in [2.75, 3.05) is 5.32 Å². The standard InChI is InChI=1S/C13H20N3.2C5H10.Yb/c1-10(2)14-13(15-11(3)4)16-12-8-6-5-7-9-12;2*1-2-4-5-3-1;/h5-11H,1-4H3,(H-,14,15,16);2*1-5H2;/q-1;;;+3. The molecule has 2 aliphatic rings. The Hall–Kier alpha value is 0.00948. The Morgan fingerprint density at radius 1 is 0.778 bits per heavy atom. The molecule has 0 atom stereocenters. The zero-order valence-electron chi connectivity index (χ0n) is 17.8. The number of rotatable bonds is 3. The van der Waals surface area contributed by atoms with Gasteiger partial charge in [-0.3, -0.25) is 0 Å². The van der Waals surface area contributed by atoms with Crippen LogP contribution < -0.4 is 5.32 Å². The number of nitrogens with zero attached hydrogens (tertiary/aromatic N) is 2. The quantitative estimate of drug-likeness (QED) is 0.318. The van der Waals surface area contributed by atoms with Crippen LogP contribution >= 0.6 is 0 Å². The van der Waals surface area contributed by atoms with E-state index in [1.165, 1.54) is 64.2 Å². The normalized spacial score (nSPS) is 16.0. The number of nitrogens with one attached hydrogen (secondary N) is 1. The van der Waals surface area contributed by atoms with Crippen LogP contribution in [0.25, 0.3) is 5.32 Å². The predicted molar refractivity (Wildman–Crippen MR) is 117 cm³/mol. The van der Waals surface area contributed by atoms with E-state index in [0.29, 0.717) is 5.96 Å². The van der Waals surface area contributed by atoms with Gasteiger partial charge in [0, 0.05) is 5.96 Å². The van der Waals surface area contributed by atoms with Crippen molar-refractivity contribution in [3.05, 3.63) is 35.6 Å². The molecule has 0 saturated heterocycles. The molecule has 0 heterocycles. The summed E-state index contributed by atoms with van der Waals surface area (Å²) in [5.74, 6) is 0.705. The van der Waals surface area contributed by atoms with Gasteiger partial charge < -0.3 is 15.6 Å². The van der Waals surface area contributed by atoms with Crippen LogP contribution in [0.4, 0.5) is 5.69 Å². The van der Waals surface area contributed by atoms with Gasteiger partial charge in [0.05, 0.1) is 0 Å². The van der Waals surface area contributed by atoms with E-state index in [-0.39, 0.29) is 59.0 Å². The summed E-state index contributed by atoms with van der Waals surface area (Å²) in [6.07, 6.45) is 15.0. The average Bonchev–Trinajstić information content (AvgIpc) is 3.33. The number of para-hydroxylation sites is 1. The number of aliphatic imine (C=N–C) groups is 1. The van der Waals surface area contributed by atoms with E-state index in [4.69, 9.17) is 0 Å². The smallest absolute Gasteiger partial charge is 0.412 e. The Labute approximate surface area is 206 Å². The van der Waals surface area contributed by atoms with Crippen molar-refractivity contribution >= 4 is 11.6 Å². The van der Waals surface area contributed by atoms with Gasteiger partial charge in [0.1, 0.15) is 0 Å². The number of benzene rings is 1. The molecular weight excluding hydrogens is 491 g/mol. The largest absolute Gasteiger partial charge is 3.00 e. The molecule has 159 valence electrons. The molecule has 2 aliphatic carbocycles. The third-order valence-electron chi connectivity index (χ3n) is 4.29. The molecule has 0 aliphatic heterocycles. The second kappa shape index (κ2) is 18.1. The number of guanidine groups is 1. The first kappa shape index (κ1) is 27.0. The zero-order chi connectivity index (χ0) is 19.0. The van der Waals surface area contributed by atoms with Crippen LogP contribution in [-0.4, -0.2) is 18.0 Å². The van der Waals surface area contributed by atoms with Gasteiger partial charge in [-0.2, -0.15) is 0 Å². The van der Waals surface area contributed by atoms with Crippen molar-refractivity contribution < 1.29 is 46.9 Å². The molecule has 4 heteroatoms. The minimum absolute atomic E-state index is 0. The molecule has 3 nitrogen and oxygen atoms in total. The summed E-state index contributed by atoms with van der Waals surface area (Å²) in [6.45, 7) is 8.18. The number of hydrogen-bond acceptors (Lipinski definition) is 1. The monoisotopic (exact) mass is 532 g/mol. The SMILES string of the molecule is C1CCCC1.C1CCCC1.CC(C)N=C([N-]C(C)C)Nc1ccccc1.[Yb+3]. The molecule has 0 bridgehead atoms. The van der Waals surface area contributed by atoms with Gasteiger partial charge >= 0.3 is 46.9 Å². The van der Waals surface area contributed by atoms with Crippen LogP contribution in [0.2, 0.25) is 0 Å². The Bertz CT molecular complexity index is 439. The summed E-state index contributed by atoms with van der Waals surface area (Å²) in [7, 11) is 0. The van der Waals surface area contributed by atoms with Gasteiger partial charge in [0.15, 0.2) is 0 Å². The summed E-state index contributed by atoms with van der Waals surface area (Å²) < 4.78 is 0. The summed E-state index contributed by atoms with van der Waals surface area (Å²) in [4.78, 5) is 4.45. The molecule has 0 aromatic heterocycles. The van der Waals surface area contributed by atoms with Crippen molar-refractivity contribution in [3.63, 3.8) is 0 Å². The van der Waals surface area contributed by atoms with E-state index in [0.717, 1.165) is 5.69 Å². The molecular formula is C23H40N3Yb+2. The van der Waals surface area contributed by atoms with Crippen molar-refractivity contribution in [1.29, 1.82) is 0 Å². The minimum atomic E-state index is 0. The summed E-state index contributed by atoms with van der Waals surface area (Å²) >= 11 is 0. The third-order valence-corrected chi connectivity index (χ3v) is 4.29. The third kappa shape index (κ3) is 16.6. The maximum atomic E-state index is 4.45. The van der Waals surface area contributed by atoms with Crippen LogP contribution in [0.15, 0.2) is 35.3 Å². The summed E-state index contributed by atoms with van der Waals surface area (Å²) in [5.41, 5.74) is 1.02. The van der Waals surface area contributed by atoms with Gasteiger partial charge in [0.25, 0.3) is 0 Å². The first-order chi connectivity index (χ1) is 12.6. The van der Waals surface area contributed by atoms with Gasteiger partial charge in [-0.1, -0.05) is 122 Å². The van der Waals surface area contributed by atoms with Crippen molar-refractivity contribution in [3.8, 4) is 0 Å². The topological polar surface area (TPSA) is 38.5 Å². The van der Waals surface area contributed by atoms with Crippen LogP contribution in [-0.2, 0) is 0 Å². The van der Waals surface area contributed by atoms with Gasteiger partial charge in [-0.25, -0.2) is 0 Å². The van der Waals surface area contributed by atoms with E-state index in [1.54, 1.807) is 0 Å². The maximum Gasteiger partial charge on any atom is 3.00 e. The number of anilines is 1. The fourth-order valence-corrected chi connectivity index (χ4v) is 3.01. The molecule has 0 amide bonds. The second-order valence-electron chi connectivity index (χ2n) is 7.80. The van der Waals surface area contributed by atoms with Crippen molar-refractivity contribution in [2.24, 2.45) is 4.99 Å². The van der Waals surface area contributed by atoms with Crippen molar-refractivity contribution in [1.82, 2.24) is 0 Å². The molecule has 1 aromatic rings. The zero-order valence-corrected chi connectivity index (χ0v) is 19.5. The summed E-state index contributed by atoms with van der Waals surface area (Å²) in [5, 5.41) is 7.68. The Morgan fingerprint density at radius 2 is 1.19 bits per heavy atom. The van der Waals surface area contributed by atoms with Crippen molar-refractivity contribution in [2.45, 2.75) is 104 Å². The summed E-state index contributed by atoms with van der Waals surface area (Å²) in [6, 6.07) is 10.5. The van der Waals surface area contributed by atoms with Crippen LogP contribution in [0.5, 0.6) is 0 Å². The van der Waals surface area contributed by atoms with E-state index in [1.807, 2.05) is 58.0 Å². The number of hydrogen-bond donors (Lipinski definition) is 1. The molecule has 1 aromatic carbocycles. The fourth-order valence-electron chi connectivity index (χ4n) is 3.01. The molecule has 2 fully saturated rings. The molecule has 0 spiro atoms. The Kier molecular flexibility index (Phi) is 18.1. The molecule has 1 radical (unpaired) electrons. The second-order valence-corrected chi connectivity index (χ2v) is 7.80. The van der Waals surface area contributed by atoms with Gasteiger partial charge in [-0.15, -0.1) is 0 Å². The van der Waals surface area contributed by atoms with Gasteiger partial charge in [-0.05, 0) is 17.8 Å². The first-order valence-electron chi connectivity index (χ1n) is 10.7. The van der Waals surface area contributed by atoms with E-state index < -0.39 is 0 Å². The fraction of sp³-hybridized carbons (Fsp3) is 0.696. The Morgan fingerprint density at radius 3 is 1.52 bits per heavy atom. The minimum Gasteiger partial charge on any atom is -0.412 e. The van der Waals surface area contributed by atoms with Gasteiger partial charge in [0.2, 0.25) is 0 Å².